The first-order valence-electron chi connectivity index (χ1n) is 8.26. The monoisotopic (exact) mass is 432 g/mol. The second kappa shape index (κ2) is 6.67. The van der Waals surface area contributed by atoms with Gasteiger partial charge in [-0.15, -0.1) is 0 Å². The predicted octanol–water partition coefficient (Wildman–Crippen LogP) is 4.89. The van der Waals surface area contributed by atoms with Crippen molar-refractivity contribution in [2.24, 2.45) is 5.10 Å². The third-order valence-electron chi connectivity index (χ3n) is 4.79. The minimum absolute atomic E-state index is 0.233. The Bertz CT molecular complexity index is 979. The first-order chi connectivity index (χ1) is 12.1. The lowest BCUT2D eigenvalue weighted by Gasteiger charge is -2.33. The van der Waals surface area contributed by atoms with Crippen molar-refractivity contribution in [3.05, 3.63) is 76.3 Å². The molecule has 0 saturated heterocycles. The van der Waals surface area contributed by atoms with Gasteiger partial charge in [-0.3, -0.25) is 0 Å². The molecule has 0 fully saturated rings. The summed E-state index contributed by atoms with van der Waals surface area (Å²) < 4.78 is 28.7. The molecule has 0 aromatic heterocycles. The quantitative estimate of drug-likeness (QED) is 0.645. The lowest BCUT2D eigenvalue weighted by atomic mass is 9.88. The van der Waals surface area contributed by atoms with Crippen molar-refractivity contribution in [1.29, 1.82) is 0 Å². The highest BCUT2D eigenvalue weighted by Crippen LogP contribution is 2.39. The Morgan fingerprint density at radius 3 is 2.27 bits per heavy atom. The minimum atomic E-state index is -3.78. The van der Waals surface area contributed by atoms with E-state index >= 15 is 0 Å². The molecule has 1 aliphatic heterocycles. The molecule has 0 saturated carbocycles. The minimum Gasteiger partial charge on any atom is -0.200 e. The predicted molar refractivity (Wildman–Crippen MR) is 109 cm³/mol. The average Bonchev–Trinajstić information content (AvgIpc) is 2.96. The normalized spacial score (nSPS) is 20.2. The molecule has 0 radical (unpaired) electrons. The number of benzene rings is 2. The van der Waals surface area contributed by atoms with E-state index in [9.17, 15) is 8.42 Å². The van der Waals surface area contributed by atoms with Crippen molar-refractivity contribution >= 4 is 31.7 Å². The van der Waals surface area contributed by atoms with Crippen molar-refractivity contribution in [2.45, 2.75) is 37.6 Å². The standard InChI is InChI=1S/C20H21BrN2O2S/c1-14(2)20(4)13-19(16-7-9-17(21)10-8-16)22-23(20)26(24,25)18-11-5-15(3)6-12-18/h5-12H,1,13H2,2-4H3/t20-/m1/s1. The largest absolute Gasteiger partial charge is 0.279 e. The van der Waals surface area contributed by atoms with Crippen molar-refractivity contribution in [2.75, 3.05) is 0 Å². The summed E-state index contributed by atoms with van der Waals surface area (Å²) in [4.78, 5) is 0.233. The van der Waals surface area contributed by atoms with E-state index in [4.69, 9.17) is 0 Å². The lowest BCUT2D eigenvalue weighted by molar-refractivity contribution is 0.289. The number of hydrazone groups is 1. The van der Waals surface area contributed by atoms with Crippen LogP contribution in [-0.2, 0) is 10.0 Å². The fourth-order valence-electron chi connectivity index (χ4n) is 2.89. The van der Waals surface area contributed by atoms with Gasteiger partial charge in [-0.1, -0.05) is 57.9 Å². The SMILES string of the molecule is C=C(C)[C@@]1(C)CC(c2ccc(Br)cc2)=NN1S(=O)(=O)c1ccc(C)cc1. The third kappa shape index (κ3) is 3.23. The summed E-state index contributed by atoms with van der Waals surface area (Å²) in [7, 11) is -3.78. The average molecular weight is 433 g/mol. The highest BCUT2D eigenvalue weighted by atomic mass is 79.9. The zero-order valence-electron chi connectivity index (χ0n) is 15.0. The Kier molecular flexibility index (Phi) is 4.84. The third-order valence-corrected chi connectivity index (χ3v) is 7.13. The number of hydrogen-bond acceptors (Lipinski definition) is 3. The van der Waals surface area contributed by atoms with Crippen LogP contribution in [0.2, 0.25) is 0 Å². The van der Waals surface area contributed by atoms with Crippen LogP contribution in [0, 0.1) is 6.92 Å². The van der Waals surface area contributed by atoms with Crippen molar-refractivity contribution in [3.8, 4) is 0 Å². The highest BCUT2D eigenvalue weighted by Gasteiger charge is 2.46. The molecule has 3 rings (SSSR count). The zero-order chi connectivity index (χ0) is 19.1. The highest BCUT2D eigenvalue weighted by molar-refractivity contribution is 9.10. The van der Waals surface area contributed by atoms with E-state index < -0.39 is 15.6 Å². The topological polar surface area (TPSA) is 49.7 Å². The van der Waals surface area contributed by atoms with Crippen molar-refractivity contribution in [1.82, 2.24) is 4.41 Å². The van der Waals surface area contributed by atoms with Gasteiger partial charge in [0.1, 0.15) is 0 Å². The van der Waals surface area contributed by atoms with Gasteiger partial charge >= 0.3 is 0 Å². The Labute approximate surface area is 163 Å². The molecule has 0 spiro atoms. The molecule has 1 aliphatic rings. The molecule has 0 bridgehead atoms. The van der Waals surface area contributed by atoms with Crippen LogP contribution < -0.4 is 0 Å². The fourth-order valence-corrected chi connectivity index (χ4v) is 4.80. The van der Waals surface area contributed by atoms with Crippen LogP contribution in [0.1, 0.15) is 31.4 Å². The van der Waals surface area contributed by atoms with E-state index in [1.807, 2.05) is 45.0 Å². The summed E-state index contributed by atoms with van der Waals surface area (Å²) in [6.07, 6.45) is 0.481. The Balaban J connectivity index is 2.10. The fraction of sp³-hybridized carbons (Fsp3) is 0.250. The summed E-state index contributed by atoms with van der Waals surface area (Å²) in [5, 5.41) is 4.52. The second-order valence-electron chi connectivity index (χ2n) is 6.85. The van der Waals surface area contributed by atoms with Crippen LogP contribution in [0.15, 0.2) is 75.2 Å². The molecule has 26 heavy (non-hydrogen) atoms. The summed E-state index contributed by atoms with van der Waals surface area (Å²) in [6.45, 7) is 9.68. The molecule has 0 amide bonds. The molecular weight excluding hydrogens is 412 g/mol. The van der Waals surface area contributed by atoms with Gasteiger partial charge in [-0.2, -0.15) is 17.9 Å². The molecule has 4 nitrogen and oxygen atoms in total. The number of halogens is 1. The molecule has 1 atom stereocenters. The van der Waals surface area contributed by atoms with E-state index in [0.717, 1.165) is 26.9 Å². The molecule has 136 valence electrons. The van der Waals surface area contributed by atoms with E-state index in [1.54, 1.807) is 24.3 Å². The summed E-state index contributed by atoms with van der Waals surface area (Å²) in [5.41, 5.74) is 2.60. The van der Waals surface area contributed by atoms with Crippen molar-refractivity contribution < 1.29 is 8.42 Å². The zero-order valence-corrected chi connectivity index (χ0v) is 17.4. The smallest absolute Gasteiger partial charge is 0.200 e. The van der Waals surface area contributed by atoms with E-state index in [2.05, 4.69) is 27.6 Å². The molecular formula is C20H21BrN2O2S. The van der Waals surface area contributed by atoms with Crippen LogP contribution in [0.5, 0.6) is 0 Å². The summed E-state index contributed by atoms with van der Waals surface area (Å²) in [6, 6.07) is 14.5. The van der Waals surface area contributed by atoms with Gasteiger partial charge in [0.15, 0.2) is 0 Å². The Morgan fingerprint density at radius 1 is 1.15 bits per heavy atom. The number of nitrogens with zero attached hydrogens (tertiary/aromatic N) is 2. The molecule has 0 unspecified atom stereocenters. The molecule has 0 N–H and O–H groups in total. The van der Waals surface area contributed by atoms with Gasteiger partial charge in [0, 0.05) is 10.9 Å². The first kappa shape index (κ1) is 18.9. The van der Waals surface area contributed by atoms with E-state index in [1.165, 1.54) is 4.41 Å². The molecule has 1 heterocycles. The number of hydrogen-bond donors (Lipinski definition) is 0. The van der Waals surface area contributed by atoms with Crippen LogP contribution in [0.3, 0.4) is 0 Å². The van der Waals surface area contributed by atoms with Crippen LogP contribution >= 0.6 is 15.9 Å². The first-order valence-corrected chi connectivity index (χ1v) is 10.5. The van der Waals surface area contributed by atoms with Gasteiger partial charge in [-0.05, 0) is 50.6 Å². The number of rotatable bonds is 4. The maximum Gasteiger partial charge on any atom is 0.279 e. The second-order valence-corrected chi connectivity index (χ2v) is 9.53. The number of sulfonamides is 1. The summed E-state index contributed by atoms with van der Waals surface area (Å²) >= 11 is 3.42. The maximum absolute atomic E-state index is 13.3. The van der Waals surface area contributed by atoms with Crippen LogP contribution in [0.4, 0.5) is 0 Å². The van der Waals surface area contributed by atoms with E-state index in [-0.39, 0.29) is 4.90 Å². The Morgan fingerprint density at radius 2 is 1.73 bits per heavy atom. The van der Waals surface area contributed by atoms with Gasteiger partial charge in [-0.25, -0.2) is 0 Å². The molecule has 0 aliphatic carbocycles. The Hall–Kier alpha value is -1.92. The van der Waals surface area contributed by atoms with E-state index in [0.29, 0.717) is 6.42 Å². The molecule has 6 heteroatoms. The van der Waals surface area contributed by atoms with Crippen LogP contribution in [-0.4, -0.2) is 24.1 Å². The van der Waals surface area contributed by atoms with Gasteiger partial charge in [0.25, 0.3) is 10.0 Å². The number of aryl methyl sites for hydroxylation is 1. The van der Waals surface area contributed by atoms with Crippen LogP contribution in [0.25, 0.3) is 0 Å². The molecule has 2 aromatic rings. The van der Waals surface area contributed by atoms with Gasteiger partial charge in [0.2, 0.25) is 0 Å². The van der Waals surface area contributed by atoms with Crippen molar-refractivity contribution in [3.63, 3.8) is 0 Å². The summed E-state index contributed by atoms with van der Waals surface area (Å²) in [5.74, 6) is 0. The lowest BCUT2D eigenvalue weighted by Crippen LogP contribution is -2.44. The van der Waals surface area contributed by atoms with Gasteiger partial charge in [0.05, 0.1) is 16.1 Å². The maximum atomic E-state index is 13.3. The molecule has 2 aromatic carbocycles. The van der Waals surface area contributed by atoms with Gasteiger partial charge < -0.3 is 0 Å².